The van der Waals surface area contributed by atoms with Gasteiger partial charge in [0.25, 0.3) is 0 Å². The van der Waals surface area contributed by atoms with Crippen LogP contribution in [0.15, 0.2) is 41.5 Å². The second kappa shape index (κ2) is 7.26. The summed E-state index contributed by atoms with van der Waals surface area (Å²) in [4.78, 5) is 18.6. The van der Waals surface area contributed by atoms with Crippen molar-refractivity contribution in [3.63, 3.8) is 0 Å². The molecule has 2 aromatic heterocycles. The zero-order valence-electron chi connectivity index (χ0n) is 12.6. The Morgan fingerprint density at radius 3 is 3.23 bits per heavy atom. The van der Waals surface area contributed by atoms with E-state index in [9.17, 15) is 4.79 Å². The lowest BCUT2D eigenvalue weighted by molar-refractivity contribution is -0.126. The van der Waals surface area contributed by atoms with Crippen molar-refractivity contribution in [3.05, 3.63) is 42.9 Å². The molecule has 2 aromatic rings. The van der Waals surface area contributed by atoms with Gasteiger partial charge in [0.2, 0.25) is 5.91 Å². The molecule has 6 heteroatoms. The predicted octanol–water partition coefficient (Wildman–Crippen LogP) is 1.50. The Morgan fingerprint density at radius 2 is 2.45 bits per heavy atom. The number of rotatable bonds is 6. The van der Waals surface area contributed by atoms with E-state index in [1.54, 1.807) is 18.8 Å². The third kappa shape index (κ3) is 3.98. The van der Waals surface area contributed by atoms with Crippen LogP contribution in [0, 0.1) is 5.92 Å². The summed E-state index contributed by atoms with van der Waals surface area (Å²) in [6, 6.07) is 3.88. The fraction of sp³-hybridized carbons (Fsp3) is 0.500. The molecule has 0 aliphatic carbocycles. The predicted molar refractivity (Wildman–Crippen MR) is 81.9 cm³/mol. The largest absolute Gasteiger partial charge is 0.468 e. The average molecular weight is 302 g/mol. The van der Waals surface area contributed by atoms with Crippen molar-refractivity contribution in [2.24, 2.45) is 5.92 Å². The van der Waals surface area contributed by atoms with Gasteiger partial charge in [0.1, 0.15) is 5.76 Å². The van der Waals surface area contributed by atoms with Gasteiger partial charge in [-0.15, -0.1) is 0 Å². The molecule has 6 nitrogen and oxygen atoms in total. The van der Waals surface area contributed by atoms with E-state index in [-0.39, 0.29) is 11.8 Å². The van der Waals surface area contributed by atoms with Crippen LogP contribution in [0.4, 0.5) is 0 Å². The molecule has 0 spiro atoms. The lowest BCUT2D eigenvalue weighted by atomic mass is 9.97. The minimum atomic E-state index is 0.0755. The highest BCUT2D eigenvalue weighted by molar-refractivity contribution is 5.78. The Labute approximate surface area is 130 Å². The molecule has 0 saturated carbocycles. The lowest BCUT2D eigenvalue weighted by Crippen LogP contribution is -2.43. The lowest BCUT2D eigenvalue weighted by Gasteiger charge is -2.31. The Kier molecular flexibility index (Phi) is 4.90. The van der Waals surface area contributed by atoms with E-state index in [0.717, 1.165) is 44.8 Å². The number of piperidine rings is 1. The Bertz CT molecular complexity index is 565. The van der Waals surface area contributed by atoms with Crippen LogP contribution in [0.1, 0.15) is 18.6 Å². The van der Waals surface area contributed by atoms with E-state index >= 15 is 0 Å². The molecule has 1 aliphatic heterocycles. The summed E-state index contributed by atoms with van der Waals surface area (Å²) < 4.78 is 7.35. The van der Waals surface area contributed by atoms with Gasteiger partial charge in [-0.25, -0.2) is 4.98 Å². The van der Waals surface area contributed by atoms with Crippen LogP contribution in [0.3, 0.4) is 0 Å². The average Bonchev–Trinajstić information content (AvgIpc) is 3.21. The van der Waals surface area contributed by atoms with Crippen LogP contribution in [-0.2, 0) is 17.9 Å². The first kappa shape index (κ1) is 14.8. The van der Waals surface area contributed by atoms with Gasteiger partial charge in [-0.3, -0.25) is 9.69 Å². The van der Waals surface area contributed by atoms with Crippen LogP contribution in [0.5, 0.6) is 0 Å². The van der Waals surface area contributed by atoms with Gasteiger partial charge < -0.3 is 14.3 Å². The van der Waals surface area contributed by atoms with E-state index in [1.165, 1.54) is 0 Å². The number of carbonyl (C=O) groups is 1. The van der Waals surface area contributed by atoms with E-state index < -0.39 is 0 Å². The molecule has 1 atom stereocenters. The second-order valence-corrected chi connectivity index (χ2v) is 5.75. The van der Waals surface area contributed by atoms with Crippen LogP contribution < -0.4 is 5.32 Å². The number of amides is 1. The Balaban J connectivity index is 1.43. The van der Waals surface area contributed by atoms with Gasteiger partial charge in [-0.2, -0.15) is 0 Å². The van der Waals surface area contributed by atoms with Gasteiger partial charge >= 0.3 is 0 Å². The maximum absolute atomic E-state index is 12.3. The molecule has 0 unspecified atom stereocenters. The molecule has 1 aliphatic rings. The summed E-state index contributed by atoms with van der Waals surface area (Å²) in [6.07, 6.45) is 9.12. The normalized spacial score (nSPS) is 19.2. The highest BCUT2D eigenvalue weighted by Gasteiger charge is 2.25. The first-order chi connectivity index (χ1) is 10.8. The number of nitrogens with one attached hydrogen (secondary N) is 1. The van der Waals surface area contributed by atoms with Crippen molar-refractivity contribution in [1.82, 2.24) is 19.8 Å². The first-order valence-corrected chi connectivity index (χ1v) is 7.79. The SMILES string of the molecule is O=C(NCCn1ccnc1)[C@H]1CCCN(Cc2ccco2)C1. The summed E-state index contributed by atoms with van der Waals surface area (Å²) in [5, 5.41) is 3.03. The molecule has 1 saturated heterocycles. The van der Waals surface area contributed by atoms with Crippen LogP contribution >= 0.6 is 0 Å². The Morgan fingerprint density at radius 1 is 1.50 bits per heavy atom. The van der Waals surface area contributed by atoms with E-state index in [0.29, 0.717) is 6.54 Å². The fourth-order valence-corrected chi connectivity index (χ4v) is 2.91. The number of hydrogen-bond donors (Lipinski definition) is 1. The quantitative estimate of drug-likeness (QED) is 0.878. The Hall–Kier alpha value is -2.08. The number of furan rings is 1. The van der Waals surface area contributed by atoms with Crippen molar-refractivity contribution in [2.75, 3.05) is 19.6 Å². The zero-order valence-corrected chi connectivity index (χ0v) is 12.6. The highest BCUT2D eigenvalue weighted by Crippen LogP contribution is 2.18. The van der Waals surface area contributed by atoms with Gasteiger partial charge in [0.05, 0.1) is 25.1 Å². The molecule has 0 aromatic carbocycles. The summed E-state index contributed by atoms with van der Waals surface area (Å²) in [5.74, 6) is 1.19. The zero-order chi connectivity index (χ0) is 15.2. The molecule has 0 radical (unpaired) electrons. The molecule has 22 heavy (non-hydrogen) atoms. The second-order valence-electron chi connectivity index (χ2n) is 5.75. The molecule has 3 heterocycles. The number of likely N-dealkylation sites (tertiary alicyclic amines) is 1. The van der Waals surface area contributed by atoms with Gasteiger partial charge in [-0.1, -0.05) is 0 Å². The minimum absolute atomic E-state index is 0.0755. The van der Waals surface area contributed by atoms with Gasteiger partial charge in [0, 0.05) is 32.0 Å². The maximum Gasteiger partial charge on any atom is 0.224 e. The number of nitrogens with zero attached hydrogens (tertiary/aromatic N) is 3. The fourth-order valence-electron chi connectivity index (χ4n) is 2.91. The number of hydrogen-bond acceptors (Lipinski definition) is 4. The molecular formula is C16H22N4O2. The molecular weight excluding hydrogens is 280 g/mol. The number of imidazole rings is 1. The third-order valence-electron chi connectivity index (χ3n) is 4.06. The monoisotopic (exact) mass is 302 g/mol. The topological polar surface area (TPSA) is 63.3 Å². The van der Waals surface area contributed by atoms with Crippen molar-refractivity contribution in [1.29, 1.82) is 0 Å². The molecule has 0 bridgehead atoms. The van der Waals surface area contributed by atoms with Gasteiger partial charge in [0.15, 0.2) is 0 Å². The van der Waals surface area contributed by atoms with Crippen LogP contribution in [0.25, 0.3) is 0 Å². The molecule has 1 amide bonds. The summed E-state index contributed by atoms with van der Waals surface area (Å²) in [5.41, 5.74) is 0. The van der Waals surface area contributed by atoms with Crippen molar-refractivity contribution < 1.29 is 9.21 Å². The van der Waals surface area contributed by atoms with Crippen LogP contribution in [0.2, 0.25) is 0 Å². The summed E-state index contributed by atoms with van der Waals surface area (Å²) in [7, 11) is 0. The van der Waals surface area contributed by atoms with E-state index in [2.05, 4.69) is 15.2 Å². The highest BCUT2D eigenvalue weighted by atomic mass is 16.3. The van der Waals surface area contributed by atoms with Crippen molar-refractivity contribution in [2.45, 2.75) is 25.9 Å². The van der Waals surface area contributed by atoms with E-state index in [4.69, 9.17) is 4.42 Å². The molecule has 3 rings (SSSR count). The molecule has 1 fully saturated rings. The molecule has 118 valence electrons. The van der Waals surface area contributed by atoms with Crippen LogP contribution in [-0.4, -0.2) is 40.0 Å². The number of aromatic nitrogens is 2. The third-order valence-corrected chi connectivity index (χ3v) is 4.06. The van der Waals surface area contributed by atoms with Gasteiger partial charge in [-0.05, 0) is 31.5 Å². The van der Waals surface area contributed by atoms with Crippen molar-refractivity contribution >= 4 is 5.91 Å². The maximum atomic E-state index is 12.3. The summed E-state index contributed by atoms with van der Waals surface area (Å²) >= 11 is 0. The minimum Gasteiger partial charge on any atom is -0.468 e. The van der Waals surface area contributed by atoms with E-state index in [1.807, 2.05) is 22.9 Å². The standard InChI is InChI=1S/C16H22N4O2/c21-16(18-6-9-19-8-5-17-13-19)14-3-1-7-20(11-14)12-15-4-2-10-22-15/h2,4-5,8,10,13-14H,1,3,6-7,9,11-12H2,(H,18,21)/t14-/m0/s1. The summed E-state index contributed by atoms with van der Waals surface area (Å²) in [6.45, 7) is 4.02. The smallest absolute Gasteiger partial charge is 0.224 e. The van der Waals surface area contributed by atoms with Crippen molar-refractivity contribution in [3.8, 4) is 0 Å². The first-order valence-electron chi connectivity index (χ1n) is 7.79. The molecule has 1 N–H and O–H groups in total. The number of carbonyl (C=O) groups excluding carboxylic acids is 1.